The van der Waals surface area contributed by atoms with E-state index in [0.29, 0.717) is 6.10 Å². The topological polar surface area (TPSA) is 38.8 Å². The normalized spacial score (nSPS) is 30.1. The van der Waals surface area contributed by atoms with Crippen molar-refractivity contribution >= 4 is 5.91 Å². The highest BCUT2D eigenvalue weighted by molar-refractivity contribution is 5.78. The molecule has 1 amide bonds. The Balaban J connectivity index is 1.62. The average molecular weight is 321 g/mol. The molecule has 0 radical (unpaired) electrons. The fourth-order valence-corrected chi connectivity index (χ4v) is 4.07. The summed E-state index contributed by atoms with van der Waals surface area (Å²) in [4.78, 5) is 14.4. The van der Waals surface area contributed by atoms with Crippen LogP contribution in [0.5, 0.6) is 5.75 Å². The third-order valence-electron chi connectivity index (χ3n) is 5.40. The van der Waals surface area contributed by atoms with Gasteiger partial charge < -0.3 is 14.4 Å². The van der Waals surface area contributed by atoms with Gasteiger partial charge in [0.15, 0.2) is 18.2 Å². The number of hydrogen-bond acceptors (Lipinski definition) is 3. The number of halogens is 1. The van der Waals surface area contributed by atoms with E-state index in [4.69, 9.17) is 9.47 Å². The van der Waals surface area contributed by atoms with Crippen molar-refractivity contribution in [3.05, 3.63) is 30.1 Å². The standard InChI is InChI=1S/C18H24FNO3/c1-18-9-10-20(16(18)8-7-13(11-18)22-2)17(21)12-23-15-6-4-3-5-14(15)19/h3-6,13,16H,7-12H2,1-2H3/t13-,16-,18+/m1/s1. The van der Waals surface area contributed by atoms with E-state index in [-0.39, 0.29) is 29.7 Å². The molecule has 1 heterocycles. The number of para-hydroxylation sites is 1. The van der Waals surface area contributed by atoms with Crippen LogP contribution in [-0.4, -0.2) is 43.2 Å². The van der Waals surface area contributed by atoms with Gasteiger partial charge in [0, 0.05) is 19.7 Å². The van der Waals surface area contributed by atoms with E-state index < -0.39 is 5.82 Å². The fourth-order valence-electron chi connectivity index (χ4n) is 4.07. The summed E-state index contributed by atoms with van der Waals surface area (Å²) in [7, 11) is 1.76. The second-order valence-electron chi connectivity index (χ2n) is 6.87. The predicted octanol–water partition coefficient (Wildman–Crippen LogP) is 3.01. The number of nitrogens with zero attached hydrogens (tertiary/aromatic N) is 1. The quantitative estimate of drug-likeness (QED) is 0.856. The molecule has 0 N–H and O–H groups in total. The van der Waals surface area contributed by atoms with Crippen molar-refractivity contribution < 1.29 is 18.7 Å². The highest BCUT2D eigenvalue weighted by atomic mass is 19.1. The number of rotatable bonds is 4. The molecule has 5 heteroatoms. The van der Waals surface area contributed by atoms with E-state index in [0.717, 1.165) is 32.2 Å². The van der Waals surface area contributed by atoms with Crippen molar-refractivity contribution in [2.45, 2.75) is 44.8 Å². The van der Waals surface area contributed by atoms with E-state index in [1.54, 1.807) is 25.3 Å². The molecule has 23 heavy (non-hydrogen) atoms. The highest BCUT2D eigenvalue weighted by Gasteiger charge is 2.49. The predicted molar refractivity (Wildman–Crippen MR) is 84.8 cm³/mol. The van der Waals surface area contributed by atoms with Crippen LogP contribution in [0.1, 0.15) is 32.6 Å². The van der Waals surface area contributed by atoms with E-state index in [1.807, 2.05) is 4.90 Å². The van der Waals surface area contributed by atoms with E-state index in [1.165, 1.54) is 6.07 Å². The number of amides is 1. The molecule has 2 fully saturated rings. The number of likely N-dealkylation sites (tertiary alicyclic amines) is 1. The third-order valence-corrected chi connectivity index (χ3v) is 5.40. The maximum absolute atomic E-state index is 13.6. The molecule has 0 bridgehead atoms. The van der Waals surface area contributed by atoms with Crippen LogP contribution in [0.25, 0.3) is 0 Å². The van der Waals surface area contributed by atoms with Crippen LogP contribution in [0.4, 0.5) is 4.39 Å². The first-order valence-electron chi connectivity index (χ1n) is 8.23. The number of fused-ring (bicyclic) bond motifs is 1. The first kappa shape index (κ1) is 16.2. The minimum atomic E-state index is -0.438. The van der Waals surface area contributed by atoms with Gasteiger partial charge in [-0.2, -0.15) is 0 Å². The van der Waals surface area contributed by atoms with Crippen LogP contribution in [0.3, 0.4) is 0 Å². The van der Waals surface area contributed by atoms with Crippen LogP contribution >= 0.6 is 0 Å². The van der Waals surface area contributed by atoms with Crippen molar-refractivity contribution in [1.29, 1.82) is 0 Å². The van der Waals surface area contributed by atoms with Gasteiger partial charge in [0.05, 0.1) is 6.10 Å². The Bertz CT molecular complexity index is 579. The number of benzene rings is 1. The summed E-state index contributed by atoms with van der Waals surface area (Å²) in [6, 6.07) is 6.41. The van der Waals surface area contributed by atoms with Gasteiger partial charge >= 0.3 is 0 Å². The summed E-state index contributed by atoms with van der Waals surface area (Å²) in [5.74, 6) is -0.365. The molecule has 1 aliphatic carbocycles. The molecule has 1 saturated heterocycles. The second kappa shape index (κ2) is 6.48. The molecule has 0 spiro atoms. The van der Waals surface area contributed by atoms with Crippen molar-refractivity contribution in [1.82, 2.24) is 4.90 Å². The van der Waals surface area contributed by atoms with Crippen LogP contribution in [0, 0.1) is 11.2 Å². The van der Waals surface area contributed by atoms with E-state index >= 15 is 0 Å². The highest BCUT2D eigenvalue weighted by Crippen LogP contribution is 2.47. The van der Waals surface area contributed by atoms with Gasteiger partial charge in [-0.1, -0.05) is 19.1 Å². The maximum Gasteiger partial charge on any atom is 0.260 e. The Labute approximate surface area is 136 Å². The smallest absolute Gasteiger partial charge is 0.260 e. The summed E-state index contributed by atoms with van der Waals surface area (Å²) >= 11 is 0. The minimum absolute atomic E-state index is 0.0576. The Hall–Kier alpha value is -1.62. The number of ether oxygens (including phenoxy) is 2. The molecule has 126 valence electrons. The van der Waals surface area contributed by atoms with Crippen LogP contribution in [0.15, 0.2) is 24.3 Å². The first-order chi connectivity index (χ1) is 11.0. The number of hydrogen-bond donors (Lipinski definition) is 0. The van der Waals surface area contributed by atoms with E-state index in [9.17, 15) is 9.18 Å². The molecule has 1 aliphatic heterocycles. The summed E-state index contributed by atoms with van der Waals surface area (Å²) in [5, 5.41) is 0. The molecule has 1 aromatic carbocycles. The van der Waals surface area contributed by atoms with Crippen molar-refractivity contribution in [3.8, 4) is 5.75 Å². The van der Waals surface area contributed by atoms with Crippen LogP contribution < -0.4 is 4.74 Å². The SMILES string of the molecule is CO[C@@H]1CC[C@H]2N(C(=O)COc3ccccc3F)CC[C@@]2(C)C1. The third kappa shape index (κ3) is 3.20. The Kier molecular flexibility index (Phi) is 4.57. The van der Waals surface area contributed by atoms with Gasteiger partial charge in [0.1, 0.15) is 0 Å². The first-order valence-corrected chi connectivity index (χ1v) is 8.23. The molecule has 1 aromatic rings. The summed E-state index contributed by atoms with van der Waals surface area (Å²) in [6.45, 7) is 2.88. The number of carbonyl (C=O) groups is 1. The molecule has 3 rings (SSSR count). The zero-order chi connectivity index (χ0) is 16.4. The Morgan fingerprint density at radius 1 is 1.39 bits per heavy atom. The fraction of sp³-hybridized carbons (Fsp3) is 0.611. The summed E-state index contributed by atoms with van der Waals surface area (Å²) in [5.41, 5.74) is 0.118. The number of methoxy groups -OCH3 is 1. The maximum atomic E-state index is 13.6. The van der Waals surface area contributed by atoms with Gasteiger partial charge in [-0.15, -0.1) is 0 Å². The van der Waals surface area contributed by atoms with Crippen molar-refractivity contribution in [2.75, 3.05) is 20.3 Å². The molecule has 4 nitrogen and oxygen atoms in total. The second-order valence-corrected chi connectivity index (χ2v) is 6.87. The molecule has 3 atom stereocenters. The average Bonchev–Trinajstić information content (AvgIpc) is 2.90. The van der Waals surface area contributed by atoms with Gasteiger partial charge in [-0.3, -0.25) is 4.79 Å². The molecule has 0 aromatic heterocycles. The monoisotopic (exact) mass is 321 g/mol. The van der Waals surface area contributed by atoms with Crippen LogP contribution in [-0.2, 0) is 9.53 Å². The number of carbonyl (C=O) groups excluding carboxylic acids is 1. The van der Waals surface area contributed by atoms with Gasteiger partial charge in [0.25, 0.3) is 5.91 Å². The van der Waals surface area contributed by atoms with Gasteiger partial charge in [-0.25, -0.2) is 4.39 Å². The lowest BCUT2D eigenvalue weighted by molar-refractivity contribution is -0.136. The lowest BCUT2D eigenvalue weighted by Crippen LogP contribution is -2.47. The lowest BCUT2D eigenvalue weighted by Gasteiger charge is -2.42. The molecule has 2 aliphatic rings. The minimum Gasteiger partial charge on any atom is -0.481 e. The zero-order valence-electron chi connectivity index (χ0n) is 13.8. The van der Waals surface area contributed by atoms with Gasteiger partial charge in [-0.05, 0) is 43.2 Å². The van der Waals surface area contributed by atoms with Crippen molar-refractivity contribution in [3.63, 3.8) is 0 Å². The largest absolute Gasteiger partial charge is 0.481 e. The zero-order valence-corrected chi connectivity index (χ0v) is 13.8. The molecule has 0 unspecified atom stereocenters. The molecular formula is C18H24FNO3. The molecular weight excluding hydrogens is 297 g/mol. The Morgan fingerprint density at radius 2 is 2.17 bits per heavy atom. The summed E-state index contributed by atoms with van der Waals surface area (Å²) in [6.07, 6.45) is 4.21. The van der Waals surface area contributed by atoms with E-state index in [2.05, 4.69) is 6.92 Å². The summed E-state index contributed by atoms with van der Waals surface area (Å²) < 4.78 is 24.4. The lowest BCUT2D eigenvalue weighted by atomic mass is 9.71. The molecule has 1 saturated carbocycles. The van der Waals surface area contributed by atoms with Gasteiger partial charge in [0.2, 0.25) is 0 Å². The Morgan fingerprint density at radius 3 is 2.91 bits per heavy atom. The van der Waals surface area contributed by atoms with Crippen molar-refractivity contribution in [2.24, 2.45) is 5.41 Å². The van der Waals surface area contributed by atoms with Crippen LogP contribution in [0.2, 0.25) is 0 Å².